The van der Waals surface area contributed by atoms with Crippen LogP contribution in [0.1, 0.15) is 19.8 Å². The number of hydrogen-bond acceptors (Lipinski definition) is 5. The zero-order valence-corrected chi connectivity index (χ0v) is 16.8. The standard InChI is InChI=1S/C22H25N5O2/c1-15(2)22(28)26-11-8-17(9-12-26)25-20-21-24-14-19(27(21)13-10-23-20)16-4-6-18(29-3)7-5-16/h4-7,10,13-14,17H,1,8-9,11-12H2,2-3H3,(H,23,25). The number of hydrogen-bond donors (Lipinski definition) is 1. The Morgan fingerprint density at radius 2 is 1.93 bits per heavy atom. The second-order valence-corrected chi connectivity index (χ2v) is 7.33. The highest BCUT2D eigenvalue weighted by Crippen LogP contribution is 2.26. The molecule has 1 aliphatic heterocycles. The molecule has 3 aromatic rings. The summed E-state index contributed by atoms with van der Waals surface area (Å²) in [6.45, 7) is 6.95. The Morgan fingerprint density at radius 1 is 1.21 bits per heavy atom. The number of rotatable bonds is 5. The lowest BCUT2D eigenvalue weighted by Gasteiger charge is -2.32. The number of methoxy groups -OCH3 is 1. The molecule has 0 unspecified atom stereocenters. The maximum atomic E-state index is 12.1. The van der Waals surface area contributed by atoms with E-state index in [-0.39, 0.29) is 11.9 Å². The molecule has 1 N–H and O–H groups in total. The lowest BCUT2D eigenvalue weighted by molar-refractivity contribution is -0.127. The van der Waals surface area contributed by atoms with E-state index in [0.717, 1.165) is 54.4 Å². The Bertz CT molecular complexity index is 1030. The first-order chi connectivity index (χ1) is 14.1. The SMILES string of the molecule is C=C(C)C(=O)N1CCC(Nc2nccn3c(-c4ccc(OC)cc4)cnc23)CC1. The van der Waals surface area contributed by atoms with Crippen molar-refractivity contribution in [2.24, 2.45) is 0 Å². The van der Waals surface area contributed by atoms with Crippen molar-refractivity contribution >= 4 is 17.4 Å². The molecule has 0 spiro atoms. The van der Waals surface area contributed by atoms with Crippen LogP contribution >= 0.6 is 0 Å². The molecule has 0 bridgehead atoms. The summed E-state index contributed by atoms with van der Waals surface area (Å²) in [5.74, 6) is 1.63. The summed E-state index contributed by atoms with van der Waals surface area (Å²) in [5.41, 5.74) is 3.43. The minimum Gasteiger partial charge on any atom is -0.497 e. The summed E-state index contributed by atoms with van der Waals surface area (Å²) >= 11 is 0. The van der Waals surface area contributed by atoms with Crippen LogP contribution in [0, 0.1) is 0 Å². The Labute approximate surface area is 170 Å². The molecule has 0 atom stereocenters. The number of aromatic nitrogens is 3. The molecule has 1 amide bonds. The molecule has 29 heavy (non-hydrogen) atoms. The number of nitrogens with zero attached hydrogens (tertiary/aromatic N) is 4. The highest BCUT2D eigenvalue weighted by Gasteiger charge is 2.24. The van der Waals surface area contributed by atoms with Crippen molar-refractivity contribution in [1.82, 2.24) is 19.3 Å². The molecular formula is C22H25N5O2. The summed E-state index contributed by atoms with van der Waals surface area (Å²) in [6.07, 6.45) is 7.30. The molecule has 0 radical (unpaired) electrons. The lowest BCUT2D eigenvalue weighted by Crippen LogP contribution is -2.42. The van der Waals surface area contributed by atoms with Gasteiger partial charge in [0.2, 0.25) is 5.91 Å². The van der Waals surface area contributed by atoms with E-state index >= 15 is 0 Å². The molecule has 150 valence electrons. The van der Waals surface area contributed by atoms with Gasteiger partial charge in [0, 0.05) is 42.7 Å². The number of piperidine rings is 1. The van der Waals surface area contributed by atoms with Gasteiger partial charge >= 0.3 is 0 Å². The second-order valence-electron chi connectivity index (χ2n) is 7.33. The van der Waals surface area contributed by atoms with Gasteiger partial charge in [-0.2, -0.15) is 0 Å². The van der Waals surface area contributed by atoms with E-state index in [1.165, 1.54) is 0 Å². The zero-order valence-electron chi connectivity index (χ0n) is 16.8. The molecule has 0 saturated carbocycles. The van der Waals surface area contributed by atoms with Gasteiger partial charge in [-0.05, 0) is 44.0 Å². The van der Waals surface area contributed by atoms with E-state index in [4.69, 9.17) is 4.74 Å². The third-order valence-corrected chi connectivity index (χ3v) is 5.30. The Hall–Kier alpha value is -3.35. The number of carbonyl (C=O) groups excluding carboxylic acids is 1. The number of fused-ring (bicyclic) bond motifs is 1. The lowest BCUT2D eigenvalue weighted by atomic mass is 10.0. The van der Waals surface area contributed by atoms with Crippen LogP contribution in [0.3, 0.4) is 0 Å². The Morgan fingerprint density at radius 3 is 2.59 bits per heavy atom. The van der Waals surface area contributed by atoms with Crippen molar-refractivity contribution in [1.29, 1.82) is 0 Å². The summed E-state index contributed by atoms with van der Waals surface area (Å²) < 4.78 is 7.28. The van der Waals surface area contributed by atoms with Gasteiger partial charge < -0.3 is 15.0 Å². The van der Waals surface area contributed by atoms with Crippen LogP contribution in [0.4, 0.5) is 5.82 Å². The first kappa shape index (κ1) is 19.0. The smallest absolute Gasteiger partial charge is 0.248 e. The molecule has 0 aliphatic carbocycles. The fourth-order valence-corrected chi connectivity index (χ4v) is 3.69. The highest BCUT2D eigenvalue weighted by atomic mass is 16.5. The van der Waals surface area contributed by atoms with Gasteiger partial charge in [0.1, 0.15) is 5.75 Å². The summed E-state index contributed by atoms with van der Waals surface area (Å²) in [6, 6.07) is 8.17. The number of benzene rings is 1. The molecule has 1 saturated heterocycles. The van der Waals surface area contributed by atoms with E-state index < -0.39 is 0 Å². The largest absolute Gasteiger partial charge is 0.497 e. The van der Waals surface area contributed by atoms with Gasteiger partial charge in [-0.15, -0.1) is 0 Å². The minimum absolute atomic E-state index is 0.0427. The van der Waals surface area contributed by atoms with Crippen LogP contribution in [-0.4, -0.2) is 51.4 Å². The van der Waals surface area contributed by atoms with Crippen LogP contribution in [0.5, 0.6) is 5.75 Å². The van der Waals surface area contributed by atoms with Crippen molar-refractivity contribution in [2.75, 3.05) is 25.5 Å². The van der Waals surface area contributed by atoms with Crippen molar-refractivity contribution in [3.05, 3.63) is 55.0 Å². The number of amides is 1. The molecule has 2 aromatic heterocycles. The van der Waals surface area contributed by atoms with Crippen LogP contribution in [0.15, 0.2) is 55.0 Å². The fourth-order valence-electron chi connectivity index (χ4n) is 3.69. The van der Waals surface area contributed by atoms with E-state index in [0.29, 0.717) is 5.57 Å². The quantitative estimate of drug-likeness (QED) is 0.675. The van der Waals surface area contributed by atoms with Crippen LogP contribution in [-0.2, 0) is 4.79 Å². The number of nitrogens with one attached hydrogen (secondary N) is 1. The van der Waals surface area contributed by atoms with Gasteiger partial charge in [-0.3, -0.25) is 9.20 Å². The van der Waals surface area contributed by atoms with Crippen LogP contribution < -0.4 is 10.1 Å². The second kappa shape index (κ2) is 7.95. The maximum Gasteiger partial charge on any atom is 0.248 e. The summed E-state index contributed by atoms with van der Waals surface area (Å²) in [5, 5.41) is 3.52. The molecule has 7 heteroatoms. The van der Waals surface area contributed by atoms with Crippen molar-refractivity contribution in [3.8, 4) is 17.0 Å². The maximum absolute atomic E-state index is 12.1. The normalized spacial score (nSPS) is 14.8. The molecular weight excluding hydrogens is 366 g/mol. The van der Waals surface area contributed by atoms with Crippen LogP contribution in [0.2, 0.25) is 0 Å². The number of carbonyl (C=O) groups is 1. The van der Waals surface area contributed by atoms with Crippen molar-refractivity contribution < 1.29 is 9.53 Å². The summed E-state index contributed by atoms with van der Waals surface area (Å²) in [4.78, 5) is 23.1. The summed E-state index contributed by atoms with van der Waals surface area (Å²) in [7, 11) is 1.66. The molecule has 1 aliphatic rings. The van der Waals surface area contributed by atoms with Gasteiger partial charge in [-0.1, -0.05) is 6.58 Å². The monoisotopic (exact) mass is 391 g/mol. The van der Waals surface area contributed by atoms with Crippen LogP contribution in [0.25, 0.3) is 16.9 Å². The molecule has 1 fully saturated rings. The first-order valence-electron chi connectivity index (χ1n) is 9.74. The van der Waals surface area contributed by atoms with Crippen molar-refractivity contribution in [3.63, 3.8) is 0 Å². The van der Waals surface area contributed by atoms with Gasteiger partial charge in [0.15, 0.2) is 11.5 Å². The van der Waals surface area contributed by atoms with E-state index in [1.54, 1.807) is 20.2 Å². The third-order valence-electron chi connectivity index (χ3n) is 5.30. The van der Waals surface area contributed by atoms with E-state index in [9.17, 15) is 4.79 Å². The first-order valence-corrected chi connectivity index (χ1v) is 9.74. The van der Waals surface area contributed by atoms with E-state index in [1.807, 2.05) is 46.0 Å². The molecule has 7 nitrogen and oxygen atoms in total. The molecule has 4 rings (SSSR count). The number of ether oxygens (including phenoxy) is 1. The van der Waals surface area contributed by atoms with Gasteiger partial charge in [0.25, 0.3) is 0 Å². The third kappa shape index (κ3) is 3.81. The molecule has 1 aromatic carbocycles. The molecule has 3 heterocycles. The van der Waals surface area contributed by atoms with Gasteiger partial charge in [0.05, 0.1) is 19.0 Å². The average Bonchev–Trinajstić information content (AvgIpc) is 3.19. The zero-order chi connectivity index (χ0) is 20.4. The predicted octanol–water partition coefficient (Wildman–Crippen LogP) is 3.38. The number of likely N-dealkylation sites (tertiary alicyclic amines) is 1. The Kier molecular flexibility index (Phi) is 5.20. The minimum atomic E-state index is 0.0427. The predicted molar refractivity (Wildman–Crippen MR) is 113 cm³/mol. The van der Waals surface area contributed by atoms with Gasteiger partial charge in [-0.25, -0.2) is 9.97 Å². The number of imidazole rings is 1. The average molecular weight is 391 g/mol. The fraction of sp³-hybridized carbons (Fsp3) is 0.318. The number of anilines is 1. The highest BCUT2D eigenvalue weighted by molar-refractivity contribution is 5.92. The van der Waals surface area contributed by atoms with E-state index in [2.05, 4.69) is 21.9 Å². The Balaban J connectivity index is 1.51. The van der Waals surface area contributed by atoms with Crippen molar-refractivity contribution in [2.45, 2.75) is 25.8 Å². The topological polar surface area (TPSA) is 71.8 Å².